The average molecular weight is 453 g/mol. The van der Waals surface area contributed by atoms with Crippen LogP contribution in [0, 0.1) is 0 Å². The molecule has 0 spiro atoms. The van der Waals surface area contributed by atoms with Crippen molar-refractivity contribution < 1.29 is 23.2 Å². The summed E-state index contributed by atoms with van der Waals surface area (Å²) in [5.74, 6) is -0.0386. The Labute approximate surface area is 183 Å². The van der Waals surface area contributed by atoms with Crippen LogP contribution in [0.15, 0.2) is 53.0 Å². The van der Waals surface area contributed by atoms with Gasteiger partial charge in [0.1, 0.15) is 5.75 Å². The van der Waals surface area contributed by atoms with Crippen molar-refractivity contribution in [3.63, 3.8) is 0 Å². The number of nitrogens with zero attached hydrogens (tertiary/aromatic N) is 1. The summed E-state index contributed by atoms with van der Waals surface area (Å²) < 4.78 is 33.2. The second-order valence-corrected chi connectivity index (χ2v) is 9.29. The van der Waals surface area contributed by atoms with Crippen molar-refractivity contribution in [2.75, 3.05) is 19.7 Å². The van der Waals surface area contributed by atoms with E-state index in [4.69, 9.17) is 22.2 Å². The third kappa shape index (κ3) is 7.02. The van der Waals surface area contributed by atoms with Crippen molar-refractivity contribution in [1.82, 2.24) is 9.79 Å². The first-order valence-electron chi connectivity index (χ1n) is 9.93. The van der Waals surface area contributed by atoms with Gasteiger partial charge < -0.3 is 4.74 Å². The molecule has 2 N–H and O–H groups in total. The van der Waals surface area contributed by atoms with Crippen molar-refractivity contribution in [3.8, 4) is 5.75 Å². The molecule has 1 aliphatic rings. The van der Waals surface area contributed by atoms with E-state index in [0.717, 1.165) is 23.3 Å². The first-order chi connectivity index (χ1) is 14.4. The van der Waals surface area contributed by atoms with Crippen molar-refractivity contribution in [2.45, 2.75) is 43.9 Å². The summed E-state index contributed by atoms with van der Waals surface area (Å²) >= 11 is 5.35. The van der Waals surface area contributed by atoms with Gasteiger partial charge >= 0.3 is 0 Å². The Morgan fingerprint density at radius 3 is 2.63 bits per heavy atom. The highest BCUT2D eigenvalue weighted by atomic mass is 32.2. The van der Waals surface area contributed by atoms with Gasteiger partial charge in [0, 0.05) is 30.8 Å². The Bertz CT molecular complexity index is 892. The lowest BCUT2D eigenvalue weighted by molar-refractivity contribution is -0.129. The fourth-order valence-electron chi connectivity index (χ4n) is 2.88. The summed E-state index contributed by atoms with van der Waals surface area (Å²) in [7, 11) is -3.84. The van der Waals surface area contributed by atoms with Crippen LogP contribution in [0.2, 0.25) is 0 Å². The van der Waals surface area contributed by atoms with Gasteiger partial charge in [0.05, 0.1) is 11.5 Å². The summed E-state index contributed by atoms with van der Waals surface area (Å²) in [6.07, 6.45) is 8.64. The quantitative estimate of drug-likeness (QED) is 0.218. The van der Waals surface area contributed by atoms with Crippen LogP contribution < -0.4 is 10.2 Å². The molecule has 1 aromatic carbocycles. The van der Waals surface area contributed by atoms with Gasteiger partial charge in [-0.05, 0) is 42.7 Å². The van der Waals surface area contributed by atoms with Gasteiger partial charge in [-0.25, -0.2) is 13.9 Å². The molecule has 0 bridgehead atoms. The summed E-state index contributed by atoms with van der Waals surface area (Å²) in [5.41, 5.74) is 2.45. The first kappa shape index (κ1) is 24.2. The minimum absolute atomic E-state index is 0.0562. The fraction of sp³-hybridized carbons (Fsp3) is 0.429. The normalized spacial score (nSPS) is 14.0. The number of amides is 1. The van der Waals surface area contributed by atoms with Crippen LogP contribution >= 0.6 is 12.2 Å². The Hall–Kier alpha value is -2.07. The second-order valence-electron chi connectivity index (χ2n) is 6.86. The standard InChI is InChI=1S/C21H28N2O5S2/c1-2-3-16-28-18-8-10-19(11-9-18)30(26,27)23(15-13-21(24)22-25)14-12-17-6-4-5-7-20(17)29/h4-6,8-11,25H,2-3,7,12-16H2,1H3,(H,22,24). The van der Waals surface area contributed by atoms with Crippen LogP contribution in [-0.4, -0.2) is 48.4 Å². The maximum absolute atomic E-state index is 13.2. The van der Waals surface area contributed by atoms with Crippen LogP contribution in [-0.2, 0) is 14.8 Å². The average Bonchev–Trinajstić information content (AvgIpc) is 2.75. The lowest BCUT2D eigenvalue weighted by Gasteiger charge is -2.23. The largest absolute Gasteiger partial charge is 0.494 e. The van der Waals surface area contributed by atoms with Gasteiger partial charge in [-0.15, -0.1) is 0 Å². The van der Waals surface area contributed by atoms with E-state index in [1.165, 1.54) is 21.9 Å². The first-order valence-corrected chi connectivity index (χ1v) is 11.8. The molecule has 7 nitrogen and oxygen atoms in total. The number of rotatable bonds is 12. The van der Waals surface area contributed by atoms with E-state index in [1.807, 2.05) is 18.2 Å². The number of benzene rings is 1. The van der Waals surface area contributed by atoms with E-state index >= 15 is 0 Å². The number of ether oxygens (including phenoxy) is 1. The fourth-order valence-corrected chi connectivity index (χ4v) is 4.58. The third-order valence-corrected chi connectivity index (χ3v) is 7.01. The van der Waals surface area contributed by atoms with Crippen LogP contribution in [0.1, 0.15) is 39.0 Å². The van der Waals surface area contributed by atoms with Gasteiger partial charge in [0.15, 0.2) is 0 Å². The van der Waals surface area contributed by atoms with E-state index in [-0.39, 0.29) is 24.4 Å². The molecule has 0 aromatic heterocycles. The molecule has 1 aromatic rings. The molecular formula is C21H28N2O5S2. The van der Waals surface area contributed by atoms with Gasteiger partial charge in [0.2, 0.25) is 15.9 Å². The molecule has 0 heterocycles. The van der Waals surface area contributed by atoms with Crippen LogP contribution in [0.25, 0.3) is 0 Å². The molecule has 0 saturated heterocycles. The number of sulfonamides is 1. The molecule has 9 heteroatoms. The lowest BCUT2D eigenvalue weighted by atomic mass is 10.0. The Kier molecular flexibility index (Phi) is 9.64. The van der Waals surface area contributed by atoms with Crippen molar-refractivity contribution in [3.05, 3.63) is 48.1 Å². The zero-order valence-electron chi connectivity index (χ0n) is 17.0. The lowest BCUT2D eigenvalue weighted by Crippen LogP contribution is -2.36. The minimum atomic E-state index is -3.84. The summed E-state index contributed by atoms with van der Waals surface area (Å²) in [6, 6.07) is 6.27. The predicted molar refractivity (Wildman–Crippen MR) is 119 cm³/mol. The number of hydrogen-bond donors (Lipinski definition) is 2. The maximum Gasteiger partial charge on any atom is 0.244 e. The SMILES string of the molecule is CCCCOc1ccc(S(=O)(=O)N(CCC(=O)NO)CCC2=CC=CCC2=S)cc1. The number of allylic oxidation sites excluding steroid dienone is 3. The molecule has 0 aliphatic heterocycles. The summed E-state index contributed by atoms with van der Waals surface area (Å²) in [4.78, 5) is 12.4. The molecule has 0 atom stereocenters. The molecule has 164 valence electrons. The zero-order chi connectivity index (χ0) is 22.0. The van der Waals surface area contributed by atoms with Gasteiger partial charge in [-0.2, -0.15) is 4.31 Å². The van der Waals surface area contributed by atoms with Crippen LogP contribution in [0.4, 0.5) is 0 Å². The predicted octanol–water partition coefficient (Wildman–Crippen LogP) is 3.40. The van der Waals surface area contributed by atoms with Crippen LogP contribution in [0.5, 0.6) is 5.75 Å². The highest BCUT2D eigenvalue weighted by Crippen LogP contribution is 2.22. The highest BCUT2D eigenvalue weighted by molar-refractivity contribution is 7.89. The molecule has 1 amide bonds. The Balaban J connectivity index is 2.15. The molecule has 30 heavy (non-hydrogen) atoms. The Morgan fingerprint density at radius 1 is 1.27 bits per heavy atom. The smallest absolute Gasteiger partial charge is 0.244 e. The minimum Gasteiger partial charge on any atom is -0.494 e. The molecule has 0 unspecified atom stereocenters. The van der Waals surface area contributed by atoms with E-state index in [2.05, 4.69) is 6.92 Å². The topological polar surface area (TPSA) is 95.9 Å². The zero-order valence-corrected chi connectivity index (χ0v) is 18.7. The van der Waals surface area contributed by atoms with Crippen molar-refractivity contribution >= 4 is 33.0 Å². The number of carbonyl (C=O) groups excluding carboxylic acids is 1. The number of nitrogens with one attached hydrogen (secondary N) is 1. The van der Waals surface area contributed by atoms with E-state index in [0.29, 0.717) is 25.2 Å². The van der Waals surface area contributed by atoms with Crippen molar-refractivity contribution in [2.24, 2.45) is 0 Å². The number of thiocarbonyl (C=S) groups is 1. The third-order valence-electron chi connectivity index (χ3n) is 4.67. The number of unbranched alkanes of at least 4 members (excludes halogenated alkanes) is 1. The molecule has 0 saturated carbocycles. The number of hydrogen-bond acceptors (Lipinski definition) is 6. The number of hydroxylamine groups is 1. The molecule has 0 radical (unpaired) electrons. The molecular weight excluding hydrogens is 424 g/mol. The maximum atomic E-state index is 13.2. The van der Waals surface area contributed by atoms with Crippen molar-refractivity contribution in [1.29, 1.82) is 0 Å². The van der Waals surface area contributed by atoms with Gasteiger partial charge in [0.25, 0.3) is 0 Å². The Morgan fingerprint density at radius 2 is 2.00 bits per heavy atom. The molecule has 2 rings (SSSR count). The summed E-state index contributed by atoms with van der Waals surface area (Å²) in [5, 5.41) is 8.74. The number of carbonyl (C=O) groups is 1. The molecule has 0 fully saturated rings. The van der Waals surface area contributed by atoms with Gasteiger partial charge in [-0.3, -0.25) is 10.0 Å². The van der Waals surface area contributed by atoms with E-state index < -0.39 is 15.9 Å². The molecule has 1 aliphatic carbocycles. The monoisotopic (exact) mass is 452 g/mol. The summed E-state index contributed by atoms with van der Waals surface area (Å²) in [6.45, 7) is 2.76. The van der Waals surface area contributed by atoms with Crippen LogP contribution in [0.3, 0.4) is 0 Å². The second kappa shape index (κ2) is 11.9. The van der Waals surface area contributed by atoms with E-state index in [1.54, 1.807) is 12.1 Å². The highest BCUT2D eigenvalue weighted by Gasteiger charge is 2.25. The van der Waals surface area contributed by atoms with E-state index in [9.17, 15) is 13.2 Å². The van der Waals surface area contributed by atoms with Gasteiger partial charge in [-0.1, -0.05) is 43.8 Å².